The number of anilines is 2. The van der Waals surface area contributed by atoms with Crippen LogP contribution in [-0.4, -0.2) is 92.8 Å². The van der Waals surface area contributed by atoms with Crippen LogP contribution in [0.1, 0.15) is 66.9 Å². The lowest BCUT2D eigenvalue weighted by atomic mass is 9.69. The standard InChI is InChI=1S/C44H54F4N6O2Si/c1-24(2)57(25(3)4,26(5)6)16-11-29-33(45)10-9-27-17-28(49)18-30(35(27)29)38-37(48)39-31(20-50-38)41(54-14-15-55-21-32-36(47)40(32)54)52-42(51-39)56-23-43(7)22-53(8)13-12-44(43)19-34(44)46/h9-10,17-18,20,24-26,32,34,36,40H,12-15,19,21-23,49H2,1-8H3/t32-,34+,36-,40-,43-,44+/m0/s1. The molecule has 4 aliphatic rings. The molecule has 4 fully saturated rings. The molecule has 2 aromatic carbocycles. The molecule has 2 saturated heterocycles. The molecule has 6 atom stereocenters. The van der Waals surface area contributed by atoms with Crippen molar-refractivity contribution in [2.75, 3.05) is 57.1 Å². The highest BCUT2D eigenvalue weighted by Gasteiger charge is 2.67. The molecule has 13 heteroatoms. The second kappa shape index (κ2) is 14.4. The van der Waals surface area contributed by atoms with Gasteiger partial charge in [-0.05, 0) is 66.6 Å². The zero-order valence-corrected chi connectivity index (χ0v) is 35.2. The lowest BCUT2D eigenvalue weighted by Crippen LogP contribution is -2.51. The second-order valence-electron chi connectivity index (χ2n) is 18.3. The smallest absolute Gasteiger partial charge is 0.319 e. The minimum atomic E-state index is -2.29. The molecule has 2 aliphatic carbocycles. The predicted octanol–water partition coefficient (Wildman–Crippen LogP) is 8.90. The Morgan fingerprint density at radius 2 is 1.77 bits per heavy atom. The van der Waals surface area contributed by atoms with Crippen LogP contribution in [0.25, 0.3) is 32.9 Å². The van der Waals surface area contributed by atoms with Crippen LogP contribution in [0.4, 0.5) is 29.1 Å². The van der Waals surface area contributed by atoms with E-state index in [1.807, 2.05) is 18.9 Å². The number of piperidine rings is 1. The molecule has 8 rings (SSSR count). The van der Waals surface area contributed by atoms with Crippen molar-refractivity contribution < 1.29 is 27.0 Å². The van der Waals surface area contributed by atoms with E-state index in [-0.39, 0.29) is 58.7 Å². The van der Waals surface area contributed by atoms with Gasteiger partial charge in [0.05, 0.1) is 36.8 Å². The van der Waals surface area contributed by atoms with E-state index in [4.69, 9.17) is 20.2 Å². The Morgan fingerprint density at radius 3 is 2.46 bits per heavy atom. The van der Waals surface area contributed by atoms with Crippen molar-refractivity contribution in [2.24, 2.45) is 16.7 Å². The van der Waals surface area contributed by atoms with E-state index in [9.17, 15) is 0 Å². The van der Waals surface area contributed by atoms with E-state index in [1.54, 1.807) is 18.2 Å². The molecule has 2 aliphatic heterocycles. The molecule has 2 N–H and O–H groups in total. The van der Waals surface area contributed by atoms with Crippen LogP contribution in [0.2, 0.25) is 16.6 Å². The third-order valence-electron chi connectivity index (χ3n) is 14.0. The maximum Gasteiger partial charge on any atom is 0.319 e. The summed E-state index contributed by atoms with van der Waals surface area (Å²) in [6.07, 6.45) is 0.614. The van der Waals surface area contributed by atoms with Crippen molar-refractivity contribution in [3.05, 3.63) is 47.7 Å². The molecule has 2 saturated carbocycles. The van der Waals surface area contributed by atoms with Crippen molar-refractivity contribution >= 4 is 41.3 Å². The predicted molar refractivity (Wildman–Crippen MR) is 221 cm³/mol. The first-order valence-corrected chi connectivity index (χ1v) is 22.6. The number of benzene rings is 2. The number of nitrogens with two attached hydrogens (primary N) is 1. The van der Waals surface area contributed by atoms with Crippen LogP contribution in [0, 0.1) is 39.8 Å². The topological polar surface area (TPSA) is 89.6 Å². The Labute approximate surface area is 333 Å². The van der Waals surface area contributed by atoms with Crippen LogP contribution in [0.5, 0.6) is 6.01 Å². The third kappa shape index (κ3) is 6.45. The number of pyridine rings is 1. The van der Waals surface area contributed by atoms with Gasteiger partial charge in [-0.15, -0.1) is 5.54 Å². The fraction of sp³-hybridized carbons (Fsp3) is 0.568. The Kier molecular flexibility index (Phi) is 10.0. The molecule has 0 amide bonds. The lowest BCUT2D eigenvalue weighted by molar-refractivity contribution is -0.0163. The largest absolute Gasteiger partial charge is 0.463 e. The van der Waals surface area contributed by atoms with Crippen LogP contribution in [0.3, 0.4) is 0 Å². The molecule has 0 bridgehead atoms. The first-order chi connectivity index (χ1) is 27.0. The highest BCUT2D eigenvalue weighted by atomic mass is 28.3. The van der Waals surface area contributed by atoms with Crippen molar-refractivity contribution in [1.29, 1.82) is 0 Å². The molecule has 57 heavy (non-hydrogen) atoms. The normalized spacial score (nSPS) is 27.6. The van der Waals surface area contributed by atoms with E-state index < -0.39 is 48.9 Å². The number of halogens is 4. The second-order valence-corrected chi connectivity index (χ2v) is 23.9. The van der Waals surface area contributed by atoms with Crippen molar-refractivity contribution in [3.63, 3.8) is 0 Å². The van der Waals surface area contributed by atoms with Gasteiger partial charge in [0, 0.05) is 52.7 Å². The van der Waals surface area contributed by atoms with Gasteiger partial charge in [0.1, 0.15) is 43.3 Å². The van der Waals surface area contributed by atoms with E-state index in [0.717, 1.165) is 6.54 Å². The minimum Gasteiger partial charge on any atom is -0.463 e. The average Bonchev–Trinajstić information content (AvgIpc) is 4.04. The average molecular weight is 803 g/mol. The van der Waals surface area contributed by atoms with Gasteiger partial charge in [-0.3, -0.25) is 4.98 Å². The van der Waals surface area contributed by atoms with Crippen molar-refractivity contribution in [3.8, 4) is 28.7 Å². The molecule has 0 unspecified atom stereocenters. The zero-order chi connectivity index (χ0) is 40.8. The van der Waals surface area contributed by atoms with Gasteiger partial charge in [-0.25, -0.2) is 17.6 Å². The Hall–Kier alpha value is -3.99. The van der Waals surface area contributed by atoms with Gasteiger partial charge in [0.15, 0.2) is 5.82 Å². The SMILES string of the molecule is CC(C)[Si](C#Cc1c(F)ccc2cc(N)cc(-c3ncc4c(N5CCOC[C@H]6[C@H](F)[C@H]65)nc(OC[C@]5(C)CN(C)CC[C@]56C[C@H]6F)nc4c3F)c12)(C(C)C)C(C)C. The molecule has 1 spiro atoms. The number of nitrogens with zero attached hydrogens (tertiary/aromatic N) is 5. The number of hydrogen-bond acceptors (Lipinski definition) is 8. The summed E-state index contributed by atoms with van der Waals surface area (Å²) in [5.41, 5.74) is 10.6. The van der Waals surface area contributed by atoms with Gasteiger partial charge in [0.2, 0.25) is 0 Å². The van der Waals surface area contributed by atoms with E-state index in [0.29, 0.717) is 65.6 Å². The Morgan fingerprint density at radius 1 is 1.05 bits per heavy atom. The number of fused-ring (bicyclic) bond motifs is 3. The third-order valence-corrected chi connectivity index (χ3v) is 20.3. The first kappa shape index (κ1) is 39.8. The minimum absolute atomic E-state index is 0.0846. The van der Waals surface area contributed by atoms with Gasteiger partial charge in [-0.2, -0.15) is 9.97 Å². The monoisotopic (exact) mass is 802 g/mol. The molecule has 8 nitrogen and oxygen atoms in total. The van der Waals surface area contributed by atoms with Crippen LogP contribution in [0.15, 0.2) is 30.5 Å². The quantitative estimate of drug-likeness (QED) is 0.0819. The first-order valence-electron chi connectivity index (χ1n) is 20.4. The Bertz CT molecular complexity index is 2280. The summed E-state index contributed by atoms with van der Waals surface area (Å²) in [5, 5.41) is 1.28. The summed E-state index contributed by atoms with van der Waals surface area (Å²) in [7, 11) is -0.281. The van der Waals surface area contributed by atoms with Gasteiger partial charge < -0.3 is 25.0 Å². The highest BCUT2D eigenvalue weighted by molar-refractivity contribution is 6.90. The summed E-state index contributed by atoms with van der Waals surface area (Å²) in [5.74, 6) is 1.94. The number of aromatic nitrogens is 3. The number of rotatable bonds is 8. The van der Waals surface area contributed by atoms with Gasteiger partial charge >= 0.3 is 6.01 Å². The van der Waals surface area contributed by atoms with Crippen LogP contribution >= 0.6 is 0 Å². The van der Waals surface area contributed by atoms with Gasteiger partial charge in [0.25, 0.3) is 0 Å². The maximum absolute atomic E-state index is 17.5. The fourth-order valence-electron chi connectivity index (χ4n) is 10.6. The van der Waals surface area contributed by atoms with Crippen LogP contribution < -0.4 is 15.4 Å². The van der Waals surface area contributed by atoms with E-state index in [2.05, 4.69) is 67.9 Å². The lowest BCUT2D eigenvalue weighted by Gasteiger charge is -2.45. The number of likely N-dealkylation sites (tertiary alicyclic amines) is 1. The molecule has 304 valence electrons. The molecule has 0 radical (unpaired) electrons. The maximum atomic E-state index is 17.5. The summed E-state index contributed by atoms with van der Waals surface area (Å²) in [6, 6.07) is 5.72. The molecule has 4 heterocycles. The van der Waals surface area contributed by atoms with Gasteiger partial charge in [-0.1, -0.05) is 60.5 Å². The summed E-state index contributed by atoms with van der Waals surface area (Å²) >= 11 is 0. The van der Waals surface area contributed by atoms with Crippen molar-refractivity contribution in [2.45, 2.75) is 96.3 Å². The van der Waals surface area contributed by atoms with Crippen molar-refractivity contribution in [1.82, 2.24) is 19.9 Å². The number of ether oxygens (including phenoxy) is 2. The molecule has 4 aromatic rings. The van der Waals surface area contributed by atoms with E-state index in [1.165, 1.54) is 12.3 Å². The zero-order valence-electron chi connectivity index (χ0n) is 34.2. The summed E-state index contributed by atoms with van der Waals surface area (Å²) in [4.78, 5) is 18.1. The molecular weight excluding hydrogens is 749 g/mol. The summed E-state index contributed by atoms with van der Waals surface area (Å²) in [6.45, 7) is 17.7. The molecule has 2 aromatic heterocycles. The molecular formula is C44H54F4N6O2Si. The van der Waals surface area contributed by atoms with Crippen LogP contribution in [-0.2, 0) is 4.74 Å². The summed E-state index contributed by atoms with van der Waals surface area (Å²) < 4.78 is 75.9. The Balaban J connectivity index is 1.30. The van der Waals surface area contributed by atoms with E-state index >= 15 is 17.6 Å². The number of alkyl halides is 2. The number of hydrogen-bond donors (Lipinski definition) is 1. The number of nitrogen functional groups attached to an aromatic ring is 1. The fourth-order valence-corrected chi connectivity index (χ4v) is 15.8. The highest BCUT2D eigenvalue weighted by Crippen LogP contribution is 2.64.